The highest BCUT2D eigenvalue weighted by atomic mass is 19.1. The Kier molecular flexibility index (Phi) is 5.49. The molecule has 1 fully saturated rings. The van der Waals surface area contributed by atoms with Crippen molar-refractivity contribution in [3.8, 4) is 11.5 Å². The van der Waals surface area contributed by atoms with Crippen LogP contribution in [0.3, 0.4) is 0 Å². The van der Waals surface area contributed by atoms with Crippen LogP contribution in [0.2, 0.25) is 0 Å². The number of rotatable bonds is 5. The largest absolute Gasteiger partial charge is 0.497 e. The number of ether oxygens (including phenoxy) is 2. The number of piperazine rings is 1. The van der Waals surface area contributed by atoms with Gasteiger partial charge >= 0.3 is 0 Å². The molecule has 0 amide bonds. The van der Waals surface area contributed by atoms with Gasteiger partial charge in [-0.1, -0.05) is 0 Å². The number of pyridine rings is 1. The van der Waals surface area contributed by atoms with E-state index < -0.39 is 11.6 Å². The first-order valence-corrected chi connectivity index (χ1v) is 9.51. The van der Waals surface area contributed by atoms with Crippen LogP contribution >= 0.6 is 0 Å². The molecule has 7 heteroatoms. The molecule has 5 nitrogen and oxygen atoms in total. The second-order valence-electron chi connectivity index (χ2n) is 7.02. The molecule has 2 aromatic carbocycles. The van der Waals surface area contributed by atoms with E-state index in [1.807, 2.05) is 18.2 Å². The summed E-state index contributed by atoms with van der Waals surface area (Å²) in [5.41, 5.74) is 1.82. The van der Waals surface area contributed by atoms with Gasteiger partial charge < -0.3 is 14.4 Å². The molecule has 152 valence electrons. The topological polar surface area (TPSA) is 37.8 Å². The van der Waals surface area contributed by atoms with Crippen LogP contribution in [0.4, 0.5) is 14.5 Å². The summed E-state index contributed by atoms with van der Waals surface area (Å²) in [7, 11) is 3.30. The van der Waals surface area contributed by atoms with Crippen LogP contribution in [0.25, 0.3) is 10.9 Å². The number of aromatic nitrogens is 1. The van der Waals surface area contributed by atoms with Crippen molar-refractivity contribution in [1.29, 1.82) is 0 Å². The zero-order chi connectivity index (χ0) is 20.4. The van der Waals surface area contributed by atoms with Crippen molar-refractivity contribution < 1.29 is 18.3 Å². The van der Waals surface area contributed by atoms with Gasteiger partial charge in [-0.2, -0.15) is 0 Å². The summed E-state index contributed by atoms with van der Waals surface area (Å²) in [6.45, 7) is 3.74. The molecule has 0 N–H and O–H groups in total. The van der Waals surface area contributed by atoms with Crippen molar-refractivity contribution in [3.63, 3.8) is 0 Å². The molecule has 1 aliphatic rings. The fourth-order valence-corrected chi connectivity index (χ4v) is 3.83. The van der Waals surface area contributed by atoms with Gasteiger partial charge in [0.15, 0.2) is 0 Å². The Hall–Kier alpha value is -2.93. The van der Waals surface area contributed by atoms with E-state index in [1.165, 1.54) is 6.20 Å². The third-order valence-corrected chi connectivity index (χ3v) is 5.36. The SMILES string of the molecule is COc1ccc(OC)c(CN2CCN(c3ccnc4c(F)ccc(F)c34)CC2)c1. The summed E-state index contributed by atoms with van der Waals surface area (Å²) in [6, 6.07) is 9.81. The predicted molar refractivity (Wildman–Crippen MR) is 109 cm³/mol. The number of benzene rings is 2. The average Bonchev–Trinajstić information content (AvgIpc) is 2.76. The van der Waals surface area contributed by atoms with Gasteiger partial charge in [0.1, 0.15) is 28.7 Å². The molecule has 0 saturated carbocycles. The van der Waals surface area contributed by atoms with Crippen LogP contribution < -0.4 is 14.4 Å². The monoisotopic (exact) mass is 399 g/mol. The van der Waals surface area contributed by atoms with Gasteiger partial charge in [-0.05, 0) is 36.4 Å². The van der Waals surface area contributed by atoms with E-state index >= 15 is 0 Å². The van der Waals surface area contributed by atoms with E-state index in [1.54, 1.807) is 20.3 Å². The maximum absolute atomic E-state index is 14.4. The lowest BCUT2D eigenvalue weighted by molar-refractivity contribution is 0.246. The van der Waals surface area contributed by atoms with Gasteiger partial charge in [0.25, 0.3) is 0 Å². The number of halogens is 2. The Labute approximate surface area is 168 Å². The Morgan fingerprint density at radius 1 is 0.931 bits per heavy atom. The van der Waals surface area contributed by atoms with Crippen molar-refractivity contribution in [1.82, 2.24) is 9.88 Å². The highest BCUT2D eigenvalue weighted by molar-refractivity contribution is 5.92. The molecule has 1 saturated heterocycles. The van der Waals surface area contributed by atoms with E-state index in [-0.39, 0.29) is 10.9 Å². The quantitative estimate of drug-likeness (QED) is 0.652. The van der Waals surface area contributed by atoms with E-state index in [0.29, 0.717) is 18.8 Å². The smallest absolute Gasteiger partial charge is 0.149 e. The van der Waals surface area contributed by atoms with Crippen LogP contribution in [0.15, 0.2) is 42.6 Å². The van der Waals surface area contributed by atoms with E-state index in [4.69, 9.17) is 9.47 Å². The molecule has 0 bridgehead atoms. The standard InChI is InChI=1S/C22H23F2N3O2/c1-28-16-3-6-20(29-2)15(13-16)14-26-9-11-27(12-10-26)19-7-8-25-22-18(24)5-4-17(23)21(19)22/h3-8,13H,9-12,14H2,1-2H3. The van der Waals surface area contributed by atoms with E-state index in [0.717, 1.165) is 48.8 Å². The molecule has 0 aliphatic carbocycles. The minimum atomic E-state index is -0.507. The third kappa shape index (κ3) is 3.82. The molecule has 0 radical (unpaired) electrons. The van der Waals surface area contributed by atoms with Crippen molar-refractivity contribution in [2.75, 3.05) is 45.3 Å². The Morgan fingerprint density at radius 3 is 2.41 bits per heavy atom. The van der Waals surface area contributed by atoms with Crippen molar-refractivity contribution in [2.45, 2.75) is 6.54 Å². The maximum atomic E-state index is 14.4. The minimum Gasteiger partial charge on any atom is -0.497 e. The number of fused-ring (bicyclic) bond motifs is 1. The van der Waals surface area contributed by atoms with Crippen LogP contribution in [0, 0.1) is 11.6 Å². The van der Waals surface area contributed by atoms with Crippen molar-refractivity contribution >= 4 is 16.6 Å². The first-order chi connectivity index (χ1) is 14.1. The number of anilines is 1. The molecule has 0 spiro atoms. The van der Waals surface area contributed by atoms with Crippen molar-refractivity contribution in [3.05, 3.63) is 59.8 Å². The van der Waals surface area contributed by atoms with Crippen LogP contribution in [0.1, 0.15) is 5.56 Å². The molecular formula is C22H23F2N3O2. The lowest BCUT2D eigenvalue weighted by Crippen LogP contribution is -2.46. The normalized spacial score (nSPS) is 15.0. The zero-order valence-corrected chi connectivity index (χ0v) is 16.5. The molecule has 3 aromatic rings. The summed E-state index contributed by atoms with van der Waals surface area (Å²) in [5, 5.41) is 0.246. The lowest BCUT2D eigenvalue weighted by atomic mass is 10.1. The first kappa shape index (κ1) is 19.4. The molecule has 0 atom stereocenters. The van der Waals surface area contributed by atoms with Gasteiger partial charge in [-0.15, -0.1) is 0 Å². The van der Waals surface area contributed by atoms with Crippen LogP contribution in [-0.2, 0) is 6.54 Å². The summed E-state index contributed by atoms with van der Waals surface area (Å²) in [5.74, 6) is 0.658. The van der Waals surface area contributed by atoms with Gasteiger partial charge in [-0.3, -0.25) is 9.88 Å². The molecule has 4 rings (SSSR count). The molecule has 1 aliphatic heterocycles. The maximum Gasteiger partial charge on any atom is 0.149 e. The van der Waals surface area contributed by atoms with E-state index in [2.05, 4.69) is 14.8 Å². The highest BCUT2D eigenvalue weighted by Gasteiger charge is 2.22. The fourth-order valence-electron chi connectivity index (χ4n) is 3.83. The number of hydrogen-bond acceptors (Lipinski definition) is 5. The van der Waals surface area contributed by atoms with Crippen LogP contribution in [-0.4, -0.2) is 50.3 Å². The summed E-state index contributed by atoms with van der Waals surface area (Å²) < 4.78 is 39.3. The average molecular weight is 399 g/mol. The number of hydrogen-bond donors (Lipinski definition) is 0. The summed E-state index contributed by atoms with van der Waals surface area (Å²) in [6.07, 6.45) is 1.54. The Bertz CT molecular complexity index is 1020. The molecule has 1 aromatic heterocycles. The molecule has 0 unspecified atom stereocenters. The second kappa shape index (κ2) is 8.21. The number of methoxy groups -OCH3 is 2. The predicted octanol–water partition coefficient (Wildman–Crippen LogP) is 3.85. The molecular weight excluding hydrogens is 376 g/mol. The van der Waals surface area contributed by atoms with Gasteiger partial charge in [0.2, 0.25) is 0 Å². The zero-order valence-electron chi connectivity index (χ0n) is 16.5. The van der Waals surface area contributed by atoms with Gasteiger partial charge in [0.05, 0.1) is 25.3 Å². The fraction of sp³-hybridized carbons (Fsp3) is 0.318. The number of nitrogens with zero attached hydrogens (tertiary/aromatic N) is 3. The van der Waals surface area contributed by atoms with Gasteiger partial charge in [-0.25, -0.2) is 8.78 Å². The third-order valence-electron chi connectivity index (χ3n) is 5.36. The first-order valence-electron chi connectivity index (χ1n) is 9.51. The van der Waals surface area contributed by atoms with E-state index in [9.17, 15) is 8.78 Å². The highest BCUT2D eigenvalue weighted by Crippen LogP contribution is 2.31. The second-order valence-corrected chi connectivity index (χ2v) is 7.02. The molecule has 2 heterocycles. The summed E-state index contributed by atoms with van der Waals surface area (Å²) in [4.78, 5) is 8.43. The summed E-state index contributed by atoms with van der Waals surface area (Å²) >= 11 is 0. The van der Waals surface area contributed by atoms with Crippen molar-refractivity contribution in [2.24, 2.45) is 0 Å². The minimum absolute atomic E-state index is 0.0750. The molecule has 29 heavy (non-hydrogen) atoms. The lowest BCUT2D eigenvalue weighted by Gasteiger charge is -2.36. The van der Waals surface area contributed by atoms with Gasteiger partial charge in [0, 0.05) is 44.5 Å². The van der Waals surface area contributed by atoms with Crippen LogP contribution in [0.5, 0.6) is 11.5 Å². The Morgan fingerprint density at radius 2 is 1.69 bits per heavy atom. The Balaban J connectivity index is 1.51.